The van der Waals surface area contributed by atoms with Gasteiger partial charge in [-0.1, -0.05) is 42.5 Å². The van der Waals surface area contributed by atoms with Crippen molar-refractivity contribution >= 4 is 28.7 Å². The molecule has 0 saturated carbocycles. The lowest BCUT2D eigenvalue weighted by molar-refractivity contribution is -0.138. The van der Waals surface area contributed by atoms with Crippen LogP contribution in [0.15, 0.2) is 72.8 Å². The average Bonchev–Trinajstić information content (AvgIpc) is 3.09. The van der Waals surface area contributed by atoms with Crippen molar-refractivity contribution in [3.05, 3.63) is 95.1 Å². The number of anilines is 1. The Hall–Kier alpha value is -4.27. The van der Waals surface area contributed by atoms with Crippen LogP contribution in [0.4, 0.5) is 19.0 Å². The number of carbonyl (C=O) groups excluding carboxylic acids is 1. The summed E-state index contributed by atoms with van der Waals surface area (Å²) in [5.41, 5.74) is 1.71. The predicted molar refractivity (Wildman–Crippen MR) is 129 cm³/mol. The number of fused-ring (bicyclic) bond motifs is 1. The van der Waals surface area contributed by atoms with Crippen molar-refractivity contribution in [3.63, 3.8) is 0 Å². The Labute approximate surface area is 204 Å². The molecule has 1 aromatic heterocycles. The fourth-order valence-corrected chi connectivity index (χ4v) is 4.14. The van der Waals surface area contributed by atoms with Crippen molar-refractivity contribution in [2.45, 2.75) is 32.6 Å². The van der Waals surface area contributed by atoms with Gasteiger partial charge in [-0.25, -0.2) is 0 Å². The molecule has 4 rings (SSSR count). The number of aliphatic carboxylic acids is 1. The van der Waals surface area contributed by atoms with E-state index >= 15 is 0 Å². The van der Waals surface area contributed by atoms with Crippen LogP contribution >= 0.6 is 0 Å². The number of carbonyl (C=O) groups is 2. The monoisotopic (exact) mass is 496 g/mol. The number of carboxylic acids is 1. The summed E-state index contributed by atoms with van der Waals surface area (Å²) in [5, 5.41) is 13.4. The second kappa shape index (κ2) is 10.2. The molecule has 1 heterocycles. The maximum absolute atomic E-state index is 13.2. The van der Waals surface area contributed by atoms with E-state index in [0.717, 1.165) is 17.7 Å². The number of alkyl halides is 3. The van der Waals surface area contributed by atoms with E-state index < -0.39 is 23.7 Å². The molecule has 6 nitrogen and oxygen atoms in total. The van der Waals surface area contributed by atoms with Crippen molar-refractivity contribution in [1.82, 2.24) is 4.57 Å². The van der Waals surface area contributed by atoms with Gasteiger partial charge in [-0.2, -0.15) is 13.2 Å². The molecule has 0 aliphatic heterocycles. The number of nitrogens with zero attached hydrogens (tertiary/aromatic N) is 1. The Balaban J connectivity index is 1.82. The van der Waals surface area contributed by atoms with E-state index in [1.54, 1.807) is 24.3 Å². The van der Waals surface area contributed by atoms with Crippen LogP contribution in [0.3, 0.4) is 0 Å². The Morgan fingerprint density at radius 2 is 1.69 bits per heavy atom. The zero-order chi connectivity index (χ0) is 25.9. The summed E-state index contributed by atoms with van der Waals surface area (Å²) < 4.78 is 46.6. The summed E-state index contributed by atoms with van der Waals surface area (Å²) in [7, 11) is 0. The van der Waals surface area contributed by atoms with Crippen LogP contribution < -0.4 is 10.1 Å². The molecule has 0 radical (unpaired) electrons. The third-order valence-electron chi connectivity index (χ3n) is 5.63. The topological polar surface area (TPSA) is 80.6 Å². The minimum atomic E-state index is -4.47. The summed E-state index contributed by atoms with van der Waals surface area (Å²) in [4.78, 5) is 23.2. The summed E-state index contributed by atoms with van der Waals surface area (Å²) in [6.07, 6.45) is -4.81. The molecular weight excluding hydrogens is 473 g/mol. The van der Waals surface area contributed by atoms with Crippen LogP contribution in [-0.2, 0) is 35.3 Å². The van der Waals surface area contributed by atoms with E-state index in [9.17, 15) is 27.9 Å². The number of nitrogens with one attached hydrogen (secondary N) is 1. The first-order valence-corrected chi connectivity index (χ1v) is 11.1. The van der Waals surface area contributed by atoms with Gasteiger partial charge in [0.25, 0.3) is 0 Å². The Morgan fingerprint density at radius 3 is 2.36 bits per heavy atom. The van der Waals surface area contributed by atoms with Crippen molar-refractivity contribution in [2.75, 3.05) is 5.32 Å². The zero-order valence-electron chi connectivity index (χ0n) is 19.3. The molecule has 0 aliphatic carbocycles. The first kappa shape index (κ1) is 24.8. The number of rotatable bonds is 8. The first-order valence-electron chi connectivity index (χ1n) is 11.1. The van der Waals surface area contributed by atoms with Gasteiger partial charge in [0.15, 0.2) is 0 Å². The van der Waals surface area contributed by atoms with Gasteiger partial charge >= 0.3 is 18.1 Å². The summed E-state index contributed by atoms with van der Waals surface area (Å²) >= 11 is 0. The molecule has 0 spiro atoms. The van der Waals surface area contributed by atoms with Gasteiger partial charge in [0.2, 0.25) is 0 Å². The standard InChI is InChI=1S/C27H23F3N2O4/c1-17(33)36-21-10-11-24-22(13-21)23(14-25(34)35)26(32(24)16-18-6-3-2-4-7-18)31-15-19-8-5-9-20(12-19)27(28,29)30/h2-13,31H,14-16H2,1H3,(H,34,35). The molecule has 9 heteroatoms. The lowest BCUT2D eigenvalue weighted by Crippen LogP contribution is -2.12. The SMILES string of the molecule is CC(=O)Oc1ccc2c(c1)c(CC(=O)O)c(NCc1cccc(C(F)(F)F)c1)n2Cc1ccccc1. The van der Waals surface area contributed by atoms with Crippen LogP contribution in [0.1, 0.15) is 29.2 Å². The number of benzene rings is 3. The number of aromatic nitrogens is 1. The van der Waals surface area contributed by atoms with Crippen molar-refractivity contribution in [3.8, 4) is 5.75 Å². The van der Waals surface area contributed by atoms with E-state index in [0.29, 0.717) is 34.4 Å². The summed E-state index contributed by atoms with van der Waals surface area (Å²) in [5.74, 6) is -0.855. The zero-order valence-corrected chi connectivity index (χ0v) is 19.3. The smallest absolute Gasteiger partial charge is 0.416 e. The molecule has 2 N–H and O–H groups in total. The normalized spacial score (nSPS) is 11.4. The fourth-order valence-electron chi connectivity index (χ4n) is 4.14. The minimum Gasteiger partial charge on any atom is -0.481 e. The average molecular weight is 496 g/mol. The highest BCUT2D eigenvalue weighted by molar-refractivity contribution is 5.94. The number of hydrogen-bond acceptors (Lipinski definition) is 4. The molecule has 3 aromatic carbocycles. The van der Waals surface area contributed by atoms with Crippen molar-refractivity contribution in [1.29, 1.82) is 0 Å². The second-order valence-electron chi connectivity index (χ2n) is 8.29. The molecule has 0 fully saturated rings. The Bertz CT molecular complexity index is 1410. The summed E-state index contributed by atoms with van der Waals surface area (Å²) in [6.45, 7) is 1.69. The Morgan fingerprint density at radius 1 is 0.972 bits per heavy atom. The van der Waals surface area contributed by atoms with Crippen molar-refractivity contribution in [2.24, 2.45) is 0 Å². The maximum Gasteiger partial charge on any atom is 0.416 e. The number of ether oxygens (including phenoxy) is 1. The van der Waals surface area contributed by atoms with Gasteiger partial charge in [0.1, 0.15) is 11.6 Å². The van der Waals surface area contributed by atoms with Gasteiger partial charge in [-0.15, -0.1) is 0 Å². The van der Waals surface area contributed by atoms with Gasteiger partial charge in [-0.3, -0.25) is 9.59 Å². The lowest BCUT2D eigenvalue weighted by atomic mass is 10.1. The lowest BCUT2D eigenvalue weighted by Gasteiger charge is -2.15. The molecule has 186 valence electrons. The van der Waals surface area contributed by atoms with E-state index in [2.05, 4.69) is 5.32 Å². The largest absolute Gasteiger partial charge is 0.481 e. The first-order chi connectivity index (χ1) is 17.1. The van der Waals surface area contributed by atoms with Crippen LogP contribution in [0.25, 0.3) is 10.9 Å². The second-order valence-corrected chi connectivity index (χ2v) is 8.29. The third kappa shape index (κ3) is 5.68. The van der Waals surface area contributed by atoms with Crippen molar-refractivity contribution < 1.29 is 32.6 Å². The molecule has 36 heavy (non-hydrogen) atoms. The van der Waals surface area contributed by atoms with Gasteiger partial charge < -0.3 is 19.7 Å². The number of halogens is 3. The molecule has 0 atom stereocenters. The van der Waals surface area contributed by atoms with Crippen LogP contribution in [-0.4, -0.2) is 21.6 Å². The molecule has 0 aliphatic rings. The molecular formula is C27H23F3N2O4. The predicted octanol–water partition coefficient (Wildman–Crippen LogP) is 5.87. The maximum atomic E-state index is 13.2. The fraction of sp³-hybridized carbons (Fsp3) is 0.185. The van der Waals surface area contributed by atoms with Gasteiger partial charge in [-0.05, 0) is 41.5 Å². The molecule has 0 unspecified atom stereocenters. The molecule has 0 saturated heterocycles. The molecule has 0 bridgehead atoms. The van der Waals surface area contributed by atoms with Crippen LogP contribution in [0, 0.1) is 0 Å². The van der Waals surface area contributed by atoms with Crippen LogP contribution in [0.2, 0.25) is 0 Å². The van der Waals surface area contributed by atoms with Gasteiger partial charge in [0, 0.05) is 31.0 Å². The highest BCUT2D eigenvalue weighted by Gasteiger charge is 2.30. The Kier molecular flexibility index (Phi) is 7.00. The number of carboxylic acid groups (broad SMARTS) is 1. The molecule has 4 aromatic rings. The highest BCUT2D eigenvalue weighted by Crippen LogP contribution is 2.35. The van der Waals surface area contributed by atoms with Gasteiger partial charge in [0.05, 0.1) is 17.5 Å². The van der Waals surface area contributed by atoms with E-state index in [1.165, 1.54) is 13.0 Å². The highest BCUT2D eigenvalue weighted by atomic mass is 19.4. The number of hydrogen-bond donors (Lipinski definition) is 2. The number of esters is 1. The van der Waals surface area contributed by atoms with E-state index in [1.807, 2.05) is 34.9 Å². The van der Waals surface area contributed by atoms with Crippen LogP contribution in [0.5, 0.6) is 5.75 Å². The molecule has 0 amide bonds. The van der Waals surface area contributed by atoms with E-state index in [-0.39, 0.29) is 18.7 Å². The quantitative estimate of drug-likeness (QED) is 0.236. The van der Waals surface area contributed by atoms with E-state index in [4.69, 9.17) is 4.74 Å². The third-order valence-corrected chi connectivity index (χ3v) is 5.63. The summed E-state index contributed by atoms with van der Waals surface area (Å²) in [6, 6.07) is 19.4. The minimum absolute atomic E-state index is 0.0401.